The molecule has 1 saturated heterocycles. The van der Waals surface area contributed by atoms with Crippen molar-refractivity contribution in [3.63, 3.8) is 0 Å². The fraction of sp³-hybridized carbons (Fsp3) is 0.444. The zero-order chi connectivity index (χ0) is 18.8. The Morgan fingerprint density at radius 2 is 2.19 bits per heavy atom. The summed E-state index contributed by atoms with van der Waals surface area (Å²) in [4.78, 5) is 36.0. The molecule has 0 aliphatic carbocycles. The zero-order valence-electron chi connectivity index (χ0n) is 15.0. The van der Waals surface area contributed by atoms with Gasteiger partial charge in [-0.25, -0.2) is 0 Å². The quantitative estimate of drug-likeness (QED) is 0.782. The van der Waals surface area contributed by atoms with Gasteiger partial charge in [0, 0.05) is 12.1 Å². The van der Waals surface area contributed by atoms with E-state index in [0.29, 0.717) is 29.8 Å². The molecule has 2 atom stereocenters. The number of amides is 2. The minimum absolute atomic E-state index is 0.00338. The number of ketones is 1. The molecule has 138 valence electrons. The highest BCUT2D eigenvalue weighted by molar-refractivity contribution is 7.08. The fourth-order valence-corrected chi connectivity index (χ4v) is 4.17. The second kappa shape index (κ2) is 7.41. The lowest BCUT2D eigenvalue weighted by atomic mass is 9.93. The molecular formula is C18H22N4O3S. The smallest absolute Gasteiger partial charge is 0.242 e. The van der Waals surface area contributed by atoms with Gasteiger partial charge < -0.3 is 10.6 Å². The number of carbonyl (C=O) groups is 3. The Bertz CT molecular complexity index is 841. The first-order valence-electron chi connectivity index (χ1n) is 8.52. The Morgan fingerprint density at radius 1 is 1.42 bits per heavy atom. The predicted octanol–water partition coefficient (Wildman–Crippen LogP) is 1.90. The number of nitrogens with zero attached hydrogens (tertiary/aromatic N) is 2. The lowest BCUT2D eigenvalue weighted by molar-refractivity contribution is -0.127. The van der Waals surface area contributed by atoms with E-state index in [4.69, 9.17) is 0 Å². The normalized spacial score (nSPS) is 19.9. The van der Waals surface area contributed by atoms with E-state index in [9.17, 15) is 14.4 Å². The third-order valence-electron chi connectivity index (χ3n) is 4.68. The van der Waals surface area contributed by atoms with E-state index < -0.39 is 0 Å². The van der Waals surface area contributed by atoms with Crippen molar-refractivity contribution in [2.24, 2.45) is 0 Å². The third kappa shape index (κ3) is 3.70. The van der Waals surface area contributed by atoms with Gasteiger partial charge in [0.15, 0.2) is 5.78 Å². The van der Waals surface area contributed by atoms with Gasteiger partial charge in [-0.1, -0.05) is 0 Å². The van der Waals surface area contributed by atoms with E-state index >= 15 is 0 Å². The van der Waals surface area contributed by atoms with Crippen molar-refractivity contribution in [3.05, 3.63) is 39.3 Å². The molecule has 0 bridgehead atoms. The Morgan fingerprint density at radius 3 is 2.81 bits per heavy atom. The molecule has 0 aromatic carbocycles. The lowest BCUT2D eigenvalue weighted by Gasteiger charge is -2.32. The Balaban J connectivity index is 1.72. The van der Waals surface area contributed by atoms with Crippen molar-refractivity contribution < 1.29 is 14.4 Å². The van der Waals surface area contributed by atoms with E-state index in [2.05, 4.69) is 15.7 Å². The van der Waals surface area contributed by atoms with E-state index in [1.165, 1.54) is 6.92 Å². The fourth-order valence-electron chi connectivity index (χ4n) is 3.47. The molecule has 0 unspecified atom stereocenters. The van der Waals surface area contributed by atoms with Crippen LogP contribution >= 0.6 is 11.3 Å². The zero-order valence-corrected chi connectivity index (χ0v) is 15.9. The summed E-state index contributed by atoms with van der Waals surface area (Å²) in [5, 5.41) is 14.2. The molecule has 0 saturated carbocycles. The number of carbonyl (C=O) groups excluding carboxylic acids is 3. The van der Waals surface area contributed by atoms with Gasteiger partial charge in [0.25, 0.3) is 0 Å². The number of hydrogen-bond donors (Lipinski definition) is 2. The average Bonchev–Trinajstić information content (AvgIpc) is 3.18. The predicted molar refractivity (Wildman–Crippen MR) is 98.1 cm³/mol. The maximum Gasteiger partial charge on any atom is 0.242 e. The summed E-state index contributed by atoms with van der Waals surface area (Å²) in [7, 11) is 0. The second-order valence-electron chi connectivity index (χ2n) is 6.57. The van der Waals surface area contributed by atoms with Crippen LogP contribution < -0.4 is 10.6 Å². The summed E-state index contributed by atoms with van der Waals surface area (Å²) in [6, 6.07) is 1.57. The maximum atomic E-state index is 12.6. The molecule has 8 heteroatoms. The number of Topliss-reactive ketones (excluding diaryl/α,β-unsaturated/α-hetero) is 1. The molecule has 2 aromatic rings. The highest BCUT2D eigenvalue weighted by Gasteiger charge is 2.31. The van der Waals surface area contributed by atoms with Gasteiger partial charge in [-0.05, 0) is 49.6 Å². The largest absolute Gasteiger partial charge is 0.349 e. The van der Waals surface area contributed by atoms with Gasteiger partial charge in [-0.3, -0.25) is 19.1 Å². The van der Waals surface area contributed by atoms with Crippen molar-refractivity contribution in [2.45, 2.75) is 52.2 Å². The second-order valence-corrected chi connectivity index (χ2v) is 7.35. The number of piperidine rings is 1. The average molecular weight is 374 g/mol. The first kappa shape index (κ1) is 18.3. The van der Waals surface area contributed by atoms with Crippen molar-refractivity contribution in [1.29, 1.82) is 0 Å². The Kier molecular flexibility index (Phi) is 5.22. The molecule has 1 aliphatic rings. The van der Waals surface area contributed by atoms with Crippen LogP contribution in [0.4, 0.5) is 0 Å². The van der Waals surface area contributed by atoms with E-state index in [0.717, 1.165) is 5.56 Å². The summed E-state index contributed by atoms with van der Waals surface area (Å²) in [5.41, 5.74) is 2.89. The highest BCUT2D eigenvalue weighted by atomic mass is 32.1. The monoisotopic (exact) mass is 374 g/mol. The van der Waals surface area contributed by atoms with Gasteiger partial charge in [0.2, 0.25) is 11.8 Å². The molecule has 0 spiro atoms. The van der Waals surface area contributed by atoms with Crippen LogP contribution in [0.15, 0.2) is 16.8 Å². The number of nitrogens with one attached hydrogen (secondary N) is 2. The molecular weight excluding hydrogens is 352 g/mol. The summed E-state index contributed by atoms with van der Waals surface area (Å²) in [5.74, 6) is -0.248. The lowest BCUT2D eigenvalue weighted by Crippen LogP contribution is -2.50. The minimum Gasteiger partial charge on any atom is -0.349 e. The number of hydrogen-bond acceptors (Lipinski definition) is 5. The van der Waals surface area contributed by atoms with Crippen LogP contribution in [0.25, 0.3) is 0 Å². The topological polar surface area (TPSA) is 93.1 Å². The summed E-state index contributed by atoms with van der Waals surface area (Å²) < 4.78 is 1.56. The van der Waals surface area contributed by atoms with Crippen LogP contribution in [-0.4, -0.2) is 33.4 Å². The first-order chi connectivity index (χ1) is 12.4. The van der Waals surface area contributed by atoms with Crippen molar-refractivity contribution >= 4 is 28.9 Å². The molecule has 2 aromatic heterocycles. The minimum atomic E-state index is -0.223. The number of aryl methyl sites for hydroxylation is 1. The first-order valence-corrected chi connectivity index (χ1v) is 9.47. The molecule has 1 fully saturated rings. The van der Waals surface area contributed by atoms with Gasteiger partial charge in [-0.15, -0.1) is 0 Å². The Hall–Kier alpha value is -2.48. The number of thiophene rings is 1. The summed E-state index contributed by atoms with van der Waals surface area (Å²) >= 11 is 1.56. The van der Waals surface area contributed by atoms with Crippen LogP contribution in [-0.2, 0) is 16.1 Å². The van der Waals surface area contributed by atoms with Crippen molar-refractivity contribution in [2.75, 3.05) is 0 Å². The van der Waals surface area contributed by atoms with Crippen LogP contribution in [0, 0.1) is 13.8 Å². The van der Waals surface area contributed by atoms with Gasteiger partial charge in [-0.2, -0.15) is 16.4 Å². The summed E-state index contributed by atoms with van der Waals surface area (Å²) in [6.45, 7) is 5.10. The van der Waals surface area contributed by atoms with Gasteiger partial charge in [0.1, 0.15) is 6.54 Å². The van der Waals surface area contributed by atoms with Gasteiger partial charge >= 0.3 is 0 Å². The SMILES string of the molecule is CC(=O)c1c(C)nn(CC(=O)N[C@@H]2CCC(=O)N[C@H]2c2ccsc2)c1C. The molecule has 3 heterocycles. The molecule has 1 aliphatic heterocycles. The highest BCUT2D eigenvalue weighted by Crippen LogP contribution is 2.26. The van der Waals surface area contributed by atoms with Crippen LogP contribution in [0.1, 0.15) is 53.1 Å². The van der Waals surface area contributed by atoms with Crippen LogP contribution in [0.2, 0.25) is 0 Å². The summed E-state index contributed by atoms with van der Waals surface area (Å²) in [6.07, 6.45) is 0.980. The van der Waals surface area contributed by atoms with Crippen LogP contribution in [0.5, 0.6) is 0 Å². The van der Waals surface area contributed by atoms with E-state index in [1.807, 2.05) is 16.8 Å². The maximum absolute atomic E-state index is 12.6. The van der Waals surface area contributed by atoms with E-state index in [1.54, 1.807) is 29.9 Å². The Labute approximate surface area is 155 Å². The number of rotatable bonds is 5. The van der Waals surface area contributed by atoms with E-state index in [-0.39, 0.29) is 36.2 Å². The molecule has 7 nitrogen and oxygen atoms in total. The number of aromatic nitrogens is 2. The third-order valence-corrected chi connectivity index (χ3v) is 5.38. The molecule has 0 radical (unpaired) electrons. The van der Waals surface area contributed by atoms with Gasteiger partial charge in [0.05, 0.1) is 23.3 Å². The molecule has 26 heavy (non-hydrogen) atoms. The molecule has 3 rings (SSSR count). The molecule has 2 amide bonds. The van der Waals surface area contributed by atoms with Crippen LogP contribution in [0.3, 0.4) is 0 Å². The standard InChI is InChI=1S/C18H22N4O3S/c1-10-17(12(3)23)11(2)22(21-10)8-16(25)19-14-4-5-15(24)20-18(14)13-6-7-26-9-13/h6-7,9,14,18H,4-5,8H2,1-3H3,(H,19,25)(H,20,24)/t14-,18+/m1/s1. The van der Waals surface area contributed by atoms with Crippen molar-refractivity contribution in [3.8, 4) is 0 Å². The molecule has 2 N–H and O–H groups in total. The van der Waals surface area contributed by atoms with Crippen molar-refractivity contribution in [1.82, 2.24) is 20.4 Å².